The molecule has 0 atom stereocenters. The van der Waals surface area contributed by atoms with Crippen molar-refractivity contribution in [1.29, 1.82) is 0 Å². The van der Waals surface area contributed by atoms with Crippen LogP contribution >= 0.6 is 0 Å². The summed E-state index contributed by atoms with van der Waals surface area (Å²) in [5, 5.41) is 9.37. The molecule has 0 radical (unpaired) electrons. The van der Waals surface area contributed by atoms with Gasteiger partial charge in [0.1, 0.15) is 17.2 Å². The molecule has 3 heteroatoms. The SMILES string of the molecule is CC(C)c1ccc(-c2ccc(Oc3ccc(C(=O)c4ccc(O)cc4)cc3)cc2)cc1. The zero-order valence-corrected chi connectivity index (χ0v) is 17.6. The van der Waals surface area contributed by atoms with Gasteiger partial charge in [-0.1, -0.05) is 50.2 Å². The van der Waals surface area contributed by atoms with Gasteiger partial charge >= 0.3 is 0 Å². The summed E-state index contributed by atoms with van der Waals surface area (Å²) in [5.74, 6) is 1.96. The van der Waals surface area contributed by atoms with Gasteiger partial charge < -0.3 is 9.84 Å². The summed E-state index contributed by atoms with van der Waals surface area (Å²) in [4.78, 5) is 12.5. The first kappa shape index (κ1) is 20.4. The maximum Gasteiger partial charge on any atom is 0.193 e. The summed E-state index contributed by atoms with van der Waals surface area (Å²) < 4.78 is 5.93. The van der Waals surface area contributed by atoms with E-state index in [-0.39, 0.29) is 11.5 Å². The van der Waals surface area contributed by atoms with Crippen molar-refractivity contribution < 1.29 is 14.6 Å². The van der Waals surface area contributed by atoms with Gasteiger partial charge in [0.25, 0.3) is 0 Å². The third kappa shape index (κ3) is 4.84. The number of rotatable bonds is 6. The molecule has 4 aromatic carbocycles. The van der Waals surface area contributed by atoms with Crippen LogP contribution in [0.4, 0.5) is 0 Å². The van der Waals surface area contributed by atoms with Crippen LogP contribution in [0, 0.1) is 0 Å². The molecule has 0 aliphatic rings. The molecule has 0 aromatic heterocycles. The second-order valence-electron chi connectivity index (χ2n) is 7.80. The maximum absolute atomic E-state index is 12.5. The fourth-order valence-electron chi connectivity index (χ4n) is 3.37. The van der Waals surface area contributed by atoms with Crippen molar-refractivity contribution in [3.63, 3.8) is 0 Å². The first-order chi connectivity index (χ1) is 15.0. The predicted octanol–water partition coefficient (Wildman–Crippen LogP) is 7.21. The van der Waals surface area contributed by atoms with Crippen LogP contribution in [0.25, 0.3) is 11.1 Å². The van der Waals surface area contributed by atoms with Crippen molar-refractivity contribution in [1.82, 2.24) is 0 Å². The first-order valence-corrected chi connectivity index (χ1v) is 10.3. The second kappa shape index (κ2) is 8.88. The van der Waals surface area contributed by atoms with E-state index in [0.717, 1.165) is 11.3 Å². The number of ether oxygens (including phenoxy) is 1. The average Bonchev–Trinajstić information content (AvgIpc) is 2.80. The van der Waals surface area contributed by atoms with Gasteiger partial charge in [0.05, 0.1) is 0 Å². The number of phenols is 1. The Balaban J connectivity index is 1.43. The van der Waals surface area contributed by atoms with Gasteiger partial charge in [-0.05, 0) is 83.3 Å². The van der Waals surface area contributed by atoms with Crippen LogP contribution in [0.1, 0.15) is 41.3 Å². The molecule has 31 heavy (non-hydrogen) atoms. The molecule has 0 unspecified atom stereocenters. The lowest BCUT2D eigenvalue weighted by Crippen LogP contribution is -2.00. The highest BCUT2D eigenvalue weighted by molar-refractivity contribution is 6.09. The number of phenolic OH excluding ortho intramolecular Hbond substituents is 1. The molecule has 3 nitrogen and oxygen atoms in total. The maximum atomic E-state index is 12.5. The van der Waals surface area contributed by atoms with E-state index in [0.29, 0.717) is 22.8 Å². The molecule has 0 aliphatic carbocycles. The van der Waals surface area contributed by atoms with E-state index in [1.54, 1.807) is 36.4 Å². The smallest absolute Gasteiger partial charge is 0.193 e. The van der Waals surface area contributed by atoms with E-state index >= 15 is 0 Å². The Hall–Kier alpha value is -3.85. The highest BCUT2D eigenvalue weighted by Gasteiger charge is 2.09. The van der Waals surface area contributed by atoms with Gasteiger partial charge in [0.2, 0.25) is 0 Å². The van der Waals surface area contributed by atoms with Crippen molar-refractivity contribution in [3.8, 4) is 28.4 Å². The topological polar surface area (TPSA) is 46.5 Å². The largest absolute Gasteiger partial charge is 0.508 e. The number of benzene rings is 4. The molecule has 0 saturated heterocycles. The Bertz CT molecular complexity index is 1160. The van der Waals surface area contributed by atoms with E-state index < -0.39 is 0 Å². The first-order valence-electron chi connectivity index (χ1n) is 10.3. The van der Waals surface area contributed by atoms with E-state index in [9.17, 15) is 9.90 Å². The standard InChI is InChI=1S/C28H24O3/c1-19(2)20-3-5-21(6-4-20)22-9-15-26(16-10-22)31-27-17-11-24(12-18-27)28(30)23-7-13-25(29)14-8-23/h3-19,29H,1-2H3. The molecular weight excluding hydrogens is 384 g/mol. The number of hydrogen-bond acceptors (Lipinski definition) is 3. The minimum atomic E-state index is -0.0978. The fourth-order valence-corrected chi connectivity index (χ4v) is 3.37. The second-order valence-corrected chi connectivity index (χ2v) is 7.80. The number of carbonyl (C=O) groups is 1. The molecule has 4 aromatic rings. The Kier molecular flexibility index (Phi) is 5.85. The summed E-state index contributed by atoms with van der Waals surface area (Å²) >= 11 is 0. The van der Waals surface area contributed by atoms with Crippen LogP contribution in [0.5, 0.6) is 17.2 Å². The Morgan fingerprint density at radius 3 is 1.55 bits per heavy atom. The van der Waals surface area contributed by atoms with Crippen molar-refractivity contribution in [2.24, 2.45) is 0 Å². The summed E-state index contributed by atoms with van der Waals surface area (Å²) in [6, 6.07) is 29.9. The van der Waals surface area contributed by atoms with Crippen molar-refractivity contribution in [2.45, 2.75) is 19.8 Å². The molecule has 0 aliphatic heterocycles. The minimum Gasteiger partial charge on any atom is -0.508 e. The zero-order valence-electron chi connectivity index (χ0n) is 17.6. The van der Waals surface area contributed by atoms with Crippen LogP contribution in [0.15, 0.2) is 97.1 Å². The molecule has 154 valence electrons. The van der Waals surface area contributed by atoms with Crippen LogP contribution in [0.3, 0.4) is 0 Å². The van der Waals surface area contributed by atoms with E-state index in [1.165, 1.54) is 23.3 Å². The minimum absolute atomic E-state index is 0.0978. The van der Waals surface area contributed by atoms with Gasteiger partial charge in [-0.3, -0.25) is 4.79 Å². The van der Waals surface area contributed by atoms with Gasteiger partial charge in [-0.2, -0.15) is 0 Å². The number of aromatic hydroxyl groups is 1. The molecule has 0 bridgehead atoms. The summed E-state index contributed by atoms with van der Waals surface area (Å²) in [6.45, 7) is 4.38. The normalized spacial score (nSPS) is 10.8. The number of hydrogen-bond donors (Lipinski definition) is 1. The number of carbonyl (C=O) groups excluding carboxylic acids is 1. The molecule has 4 rings (SSSR count). The van der Waals surface area contributed by atoms with E-state index in [2.05, 4.69) is 38.1 Å². The lowest BCUT2D eigenvalue weighted by Gasteiger charge is -2.09. The molecule has 0 saturated carbocycles. The Morgan fingerprint density at radius 1 is 0.645 bits per heavy atom. The van der Waals surface area contributed by atoms with Crippen LogP contribution < -0.4 is 4.74 Å². The Morgan fingerprint density at radius 2 is 1.06 bits per heavy atom. The highest BCUT2D eigenvalue weighted by atomic mass is 16.5. The zero-order chi connectivity index (χ0) is 21.8. The quantitative estimate of drug-likeness (QED) is 0.343. The average molecular weight is 408 g/mol. The summed E-state index contributed by atoms with van der Waals surface area (Å²) in [7, 11) is 0. The van der Waals surface area contributed by atoms with Gasteiger partial charge in [0, 0.05) is 11.1 Å². The lowest BCUT2D eigenvalue weighted by atomic mass is 9.99. The molecule has 0 heterocycles. The summed E-state index contributed by atoms with van der Waals surface area (Å²) in [6.07, 6.45) is 0. The monoisotopic (exact) mass is 408 g/mol. The van der Waals surface area contributed by atoms with Gasteiger partial charge in [0.15, 0.2) is 5.78 Å². The summed E-state index contributed by atoms with van der Waals surface area (Å²) in [5.41, 5.74) is 4.74. The molecule has 0 fully saturated rings. The highest BCUT2D eigenvalue weighted by Crippen LogP contribution is 2.27. The third-order valence-electron chi connectivity index (χ3n) is 5.25. The van der Waals surface area contributed by atoms with Crippen LogP contribution in [-0.2, 0) is 0 Å². The lowest BCUT2D eigenvalue weighted by molar-refractivity contribution is 0.103. The van der Waals surface area contributed by atoms with Gasteiger partial charge in [-0.25, -0.2) is 0 Å². The van der Waals surface area contributed by atoms with Crippen LogP contribution in [0.2, 0.25) is 0 Å². The van der Waals surface area contributed by atoms with Crippen molar-refractivity contribution >= 4 is 5.78 Å². The van der Waals surface area contributed by atoms with Crippen molar-refractivity contribution in [2.75, 3.05) is 0 Å². The third-order valence-corrected chi connectivity index (χ3v) is 5.25. The number of ketones is 1. The fraction of sp³-hybridized carbons (Fsp3) is 0.107. The molecule has 0 spiro atoms. The van der Waals surface area contributed by atoms with E-state index in [1.807, 2.05) is 24.3 Å². The van der Waals surface area contributed by atoms with Crippen molar-refractivity contribution in [3.05, 3.63) is 114 Å². The van der Waals surface area contributed by atoms with Gasteiger partial charge in [-0.15, -0.1) is 0 Å². The Labute approximate surface area is 182 Å². The van der Waals surface area contributed by atoms with Crippen LogP contribution in [-0.4, -0.2) is 10.9 Å². The van der Waals surface area contributed by atoms with E-state index in [4.69, 9.17) is 4.74 Å². The molecular formula is C28H24O3. The molecule has 0 amide bonds. The molecule has 1 N–H and O–H groups in total. The predicted molar refractivity (Wildman–Crippen MR) is 124 cm³/mol.